The van der Waals surface area contributed by atoms with Gasteiger partial charge in [-0.15, -0.1) is 0 Å². The van der Waals surface area contributed by atoms with Gasteiger partial charge >= 0.3 is 13.2 Å². The van der Waals surface area contributed by atoms with Gasteiger partial charge in [0.05, 0.1) is 5.60 Å². The van der Waals surface area contributed by atoms with E-state index in [0.717, 1.165) is 5.47 Å². The van der Waals surface area contributed by atoms with Crippen molar-refractivity contribution < 1.29 is 19.2 Å². The highest BCUT2D eigenvalue weighted by atomic mass is 16.6. The van der Waals surface area contributed by atoms with Crippen LogP contribution in [0.5, 0.6) is 0 Å². The molecule has 0 fully saturated rings. The number of carbonyl (C=O) groups excluding carboxylic acids is 1. The van der Waals surface area contributed by atoms with E-state index < -0.39 is 18.3 Å². The van der Waals surface area contributed by atoms with Crippen LogP contribution in [0.4, 0.5) is 4.79 Å². The van der Waals surface area contributed by atoms with E-state index in [9.17, 15) is 9.82 Å². The van der Waals surface area contributed by atoms with Gasteiger partial charge in [-0.3, -0.25) is 0 Å². The van der Waals surface area contributed by atoms with Crippen molar-refractivity contribution in [3.8, 4) is 0 Å². The first-order chi connectivity index (χ1) is 9.92. The zero-order chi connectivity index (χ0) is 17.1. The molecule has 126 valence electrons. The van der Waals surface area contributed by atoms with Crippen molar-refractivity contribution in [3.05, 3.63) is 11.5 Å². The topological polar surface area (TPSA) is 59.0 Å². The lowest BCUT2D eigenvalue weighted by Gasteiger charge is -2.34. The number of nitrogens with zero attached hydrogens (tertiary/aromatic N) is 1. The quantitative estimate of drug-likeness (QED) is 0.811. The van der Waals surface area contributed by atoms with E-state index in [1.807, 2.05) is 40.7 Å². The highest BCUT2D eigenvalue weighted by Crippen LogP contribution is 2.24. The fourth-order valence-corrected chi connectivity index (χ4v) is 1.90. The molecule has 0 unspecified atom stereocenters. The molecule has 0 aromatic carbocycles. The van der Waals surface area contributed by atoms with E-state index >= 15 is 0 Å². The Morgan fingerprint density at radius 1 is 1.32 bits per heavy atom. The normalized spacial score (nSPS) is 16.6. The van der Waals surface area contributed by atoms with Gasteiger partial charge < -0.3 is 19.3 Å². The van der Waals surface area contributed by atoms with Gasteiger partial charge in [-0.1, -0.05) is 19.9 Å². The molecule has 1 aliphatic rings. The largest absolute Gasteiger partial charge is 0.487 e. The molecule has 0 atom stereocenters. The molecule has 0 radical (unpaired) electrons. The van der Waals surface area contributed by atoms with Gasteiger partial charge in [-0.25, -0.2) is 4.79 Å². The van der Waals surface area contributed by atoms with E-state index in [-0.39, 0.29) is 6.09 Å². The van der Waals surface area contributed by atoms with Crippen LogP contribution < -0.4 is 0 Å². The first-order valence-electron chi connectivity index (χ1n) is 7.95. The molecule has 0 spiro atoms. The average molecular weight is 311 g/mol. The molecule has 22 heavy (non-hydrogen) atoms. The Hall–Kier alpha value is -1.01. The van der Waals surface area contributed by atoms with Crippen molar-refractivity contribution >= 4 is 13.2 Å². The van der Waals surface area contributed by atoms with Crippen molar-refractivity contribution in [1.82, 2.24) is 4.90 Å². The Bertz CT molecular complexity index is 426. The predicted octanol–water partition coefficient (Wildman–Crippen LogP) is 3.02. The minimum Gasteiger partial charge on any atom is -0.444 e. The molecule has 6 heteroatoms. The number of hydrogen-bond acceptors (Lipinski definition) is 4. The lowest BCUT2D eigenvalue weighted by molar-refractivity contribution is 0.0254. The predicted molar refractivity (Wildman–Crippen MR) is 88.5 cm³/mol. The summed E-state index contributed by atoms with van der Waals surface area (Å²) in [6.07, 6.45) is 2.13. The monoisotopic (exact) mass is 311 g/mol. The molecule has 0 bridgehead atoms. The zero-order valence-electron chi connectivity index (χ0n) is 15.0. The van der Waals surface area contributed by atoms with Crippen LogP contribution in [-0.4, -0.2) is 47.4 Å². The molecular formula is C16H30BNO4. The van der Waals surface area contributed by atoms with Crippen molar-refractivity contribution in [2.75, 3.05) is 13.1 Å². The summed E-state index contributed by atoms with van der Waals surface area (Å²) in [5.41, 5.74) is -0.0679. The molecule has 0 saturated heterocycles. The second-order valence-electron chi connectivity index (χ2n) is 7.68. The van der Waals surface area contributed by atoms with Crippen LogP contribution in [-0.2, 0) is 9.39 Å². The first kappa shape index (κ1) is 19.0. The Kier molecular flexibility index (Phi) is 6.10. The van der Waals surface area contributed by atoms with Crippen molar-refractivity contribution in [1.29, 1.82) is 0 Å². The van der Waals surface area contributed by atoms with Crippen LogP contribution in [0.2, 0.25) is 0 Å². The van der Waals surface area contributed by atoms with Gasteiger partial charge in [0, 0.05) is 13.1 Å². The fraction of sp³-hybridized carbons (Fsp3) is 0.812. The summed E-state index contributed by atoms with van der Waals surface area (Å²) in [4.78, 5) is 13.6. The van der Waals surface area contributed by atoms with E-state index in [0.29, 0.717) is 25.4 Å². The van der Waals surface area contributed by atoms with Crippen LogP contribution in [0.25, 0.3) is 0 Å². The van der Waals surface area contributed by atoms with Crippen molar-refractivity contribution in [2.45, 2.75) is 66.1 Å². The summed E-state index contributed by atoms with van der Waals surface area (Å²) in [5.74, 6) is 0.296. The second-order valence-corrected chi connectivity index (χ2v) is 7.68. The summed E-state index contributed by atoms with van der Waals surface area (Å²) in [5, 5.41) is 10.2. The third-order valence-electron chi connectivity index (χ3n) is 4.02. The maximum Gasteiger partial charge on any atom is 0.487 e. The summed E-state index contributed by atoms with van der Waals surface area (Å²) >= 11 is 0. The molecular weight excluding hydrogens is 281 g/mol. The summed E-state index contributed by atoms with van der Waals surface area (Å²) < 4.78 is 11.1. The summed E-state index contributed by atoms with van der Waals surface area (Å²) in [6, 6.07) is 0. The summed E-state index contributed by atoms with van der Waals surface area (Å²) in [7, 11) is -0.918. The zero-order valence-corrected chi connectivity index (χ0v) is 15.0. The Labute approximate surface area is 134 Å². The molecule has 0 aromatic heterocycles. The number of rotatable bonds is 4. The number of ether oxygens (including phenoxy) is 1. The second kappa shape index (κ2) is 7.05. The van der Waals surface area contributed by atoms with E-state index in [4.69, 9.17) is 9.39 Å². The van der Waals surface area contributed by atoms with E-state index in [1.54, 1.807) is 4.90 Å². The van der Waals surface area contributed by atoms with Gasteiger partial charge in [0.25, 0.3) is 0 Å². The molecule has 0 aliphatic carbocycles. The minimum atomic E-state index is -0.918. The lowest BCUT2D eigenvalue weighted by Crippen LogP contribution is -2.43. The standard InChI is InChI=1S/C16H30BNO4/c1-12(2)16(6,7)22-17(20)13-8-10-18(11-9-13)14(19)21-15(3,4)5/h8,12,20H,9-11H2,1-7H3. The molecule has 1 rings (SSSR count). The third kappa shape index (κ3) is 5.65. The first-order valence-corrected chi connectivity index (χ1v) is 7.95. The van der Waals surface area contributed by atoms with Crippen LogP contribution >= 0.6 is 0 Å². The van der Waals surface area contributed by atoms with Gasteiger partial charge in [-0.05, 0) is 52.4 Å². The SMILES string of the molecule is CC(C)C(C)(C)OB(O)C1=CCN(C(=O)OC(C)(C)C)CC1. The summed E-state index contributed by atoms with van der Waals surface area (Å²) in [6.45, 7) is 14.6. The van der Waals surface area contributed by atoms with Gasteiger partial charge in [0.15, 0.2) is 0 Å². The molecule has 1 aliphatic heterocycles. The average Bonchev–Trinajstić information content (AvgIpc) is 2.36. The maximum absolute atomic E-state index is 12.0. The van der Waals surface area contributed by atoms with Crippen molar-refractivity contribution in [3.63, 3.8) is 0 Å². The Morgan fingerprint density at radius 2 is 1.91 bits per heavy atom. The van der Waals surface area contributed by atoms with Crippen LogP contribution in [0.15, 0.2) is 11.5 Å². The molecule has 0 saturated carbocycles. The number of carbonyl (C=O) groups is 1. The lowest BCUT2D eigenvalue weighted by atomic mass is 9.73. The van der Waals surface area contributed by atoms with E-state index in [2.05, 4.69) is 13.8 Å². The van der Waals surface area contributed by atoms with Gasteiger partial charge in [-0.2, -0.15) is 0 Å². The highest BCUT2D eigenvalue weighted by Gasteiger charge is 2.33. The van der Waals surface area contributed by atoms with Crippen LogP contribution in [0, 0.1) is 5.92 Å². The fourth-order valence-electron chi connectivity index (χ4n) is 1.90. The Morgan fingerprint density at radius 3 is 2.32 bits per heavy atom. The third-order valence-corrected chi connectivity index (χ3v) is 4.02. The number of hydrogen-bond donors (Lipinski definition) is 1. The van der Waals surface area contributed by atoms with E-state index in [1.165, 1.54) is 0 Å². The minimum absolute atomic E-state index is 0.296. The van der Waals surface area contributed by atoms with Gasteiger partial charge in [0.2, 0.25) is 0 Å². The van der Waals surface area contributed by atoms with Gasteiger partial charge in [0.1, 0.15) is 5.60 Å². The molecule has 1 amide bonds. The molecule has 1 N–H and O–H groups in total. The highest BCUT2D eigenvalue weighted by molar-refractivity contribution is 6.52. The smallest absolute Gasteiger partial charge is 0.444 e. The molecule has 5 nitrogen and oxygen atoms in total. The molecule has 1 heterocycles. The van der Waals surface area contributed by atoms with Crippen LogP contribution in [0.1, 0.15) is 54.9 Å². The maximum atomic E-state index is 12.0. The van der Waals surface area contributed by atoms with Crippen molar-refractivity contribution in [2.24, 2.45) is 5.92 Å². The Balaban J connectivity index is 2.59. The molecule has 0 aromatic rings. The van der Waals surface area contributed by atoms with Crippen LogP contribution in [0.3, 0.4) is 0 Å². The number of amides is 1.